The van der Waals surface area contributed by atoms with Crippen molar-refractivity contribution in [1.29, 1.82) is 0 Å². The number of halogens is 3. The molecule has 2 heterocycles. The van der Waals surface area contributed by atoms with Gasteiger partial charge in [-0.2, -0.15) is 15.0 Å². The largest absolute Gasteiger partial charge is 0.383 e. The lowest BCUT2D eigenvalue weighted by Crippen LogP contribution is -2.28. The number of nitrogens with zero attached hydrogens (tertiary/aromatic N) is 5. The lowest BCUT2D eigenvalue weighted by molar-refractivity contribution is 0.0256. The van der Waals surface area contributed by atoms with Crippen molar-refractivity contribution < 1.29 is 18.7 Å². The van der Waals surface area contributed by atoms with Gasteiger partial charge in [0.2, 0.25) is 0 Å². The van der Waals surface area contributed by atoms with Gasteiger partial charge in [0.25, 0.3) is 5.91 Å². The summed E-state index contributed by atoms with van der Waals surface area (Å²) < 4.78 is 30.0. The minimum atomic E-state index is -1.72. The minimum absolute atomic E-state index is 0.0437. The molecule has 2 saturated carbocycles. The lowest BCUT2D eigenvalue weighted by atomic mass is 9.87. The van der Waals surface area contributed by atoms with Crippen LogP contribution >= 0.6 is 11.6 Å². The second-order valence-electron chi connectivity index (χ2n) is 10.7. The van der Waals surface area contributed by atoms with Gasteiger partial charge in [0, 0.05) is 25.7 Å². The summed E-state index contributed by atoms with van der Waals surface area (Å²) in [7, 11) is 3.38. The molecule has 2 unspecified atom stereocenters. The van der Waals surface area contributed by atoms with Gasteiger partial charge < -0.3 is 15.0 Å². The fourth-order valence-electron chi connectivity index (χ4n) is 5.99. The van der Waals surface area contributed by atoms with E-state index in [2.05, 4.69) is 20.5 Å². The van der Waals surface area contributed by atoms with Crippen LogP contribution < -0.4 is 5.32 Å². The van der Waals surface area contributed by atoms with Gasteiger partial charge in [0.1, 0.15) is 28.5 Å². The van der Waals surface area contributed by atoms with Gasteiger partial charge in [0.05, 0.1) is 17.0 Å². The number of imidazole rings is 1. The molecule has 2 fully saturated rings. The standard InChI is InChI=1S/C25H29ClF2N6O2/c1-24(2,28)21-22(32-34(4)31-21)25(36)10-14-7-13(8-15(14)11-25)19-20(33(3)12-29-19)23(35)30-16-5-6-18(27)17(26)9-16/h5-6,9,12-15,36H,7-8,10-11H2,1-4H3,(H,30,35). The highest BCUT2D eigenvalue weighted by Crippen LogP contribution is 2.57. The normalized spacial score (nSPS) is 25.8. The van der Waals surface area contributed by atoms with E-state index in [4.69, 9.17) is 11.6 Å². The van der Waals surface area contributed by atoms with Crippen molar-refractivity contribution in [3.63, 3.8) is 0 Å². The van der Waals surface area contributed by atoms with E-state index in [-0.39, 0.29) is 34.4 Å². The van der Waals surface area contributed by atoms with Crippen molar-refractivity contribution in [2.24, 2.45) is 25.9 Å². The number of aromatic nitrogens is 5. The molecule has 2 aromatic heterocycles. The number of anilines is 1. The Bertz CT molecular complexity index is 1320. The molecule has 2 atom stereocenters. The third kappa shape index (κ3) is 4.30. The maximum absolute atomic E-state index is 14.8. The van der Waals surface area contributed by atoms with Gasteiger partial charge >= 0.3 is 0 Å². The third-order valence-electron chi connectivity index (χ3n) is 7.50. The van der Waals surface area contributed by atoms with Crippen molar-refractivity contribution in [2.75, 3.05) is 5.32 Å². The number of hydrogen-bond acceptors (Lipinski definition) is 5. The number of hydrogen-bond donors (Lipinski definition) is 2. The van der Waals surface area contributed by atoms with Crippen LogP contribution in [0, 0.1) is 17.7 Å². The Morgan fingerprint density at radius 2 is 1.89 bits per heavy atom. The van der Waals surface area contributed by atoms with E-state index in [1.807, 2.05) is 0 Å². The Hall–Kier alpha value is -2.85. The average molecular weight is 519 g/mol. The molecule has 2 N–H and O–H groups in total. The van der Waals surface area contributed by atoms with Crippen molar-refractivity contribution in [3.05, 3.63) is 58.1 Å². The molecule has 2 aliphatic rings. The molecule has 1 aromatic carbocycles. The second kappa shape index (κ2) is 8.62. The smallest absolute Gasteiger partial charge is 0.274 e. The number of carbonyl (C=O) groups excluding carboxylic acids is 1. The summed E-state index contributed by atoms with van der Waals surface area (Å²) in [4.78, 5) is 19.0. The van der Waals surface area contributed by atoms with Crippen molar-refractivity contribution in [1.82, 2.24) is 24.5 Å². The maximum atomic E-state index is 14.8. The Balaban J connectivity index is 1.34. The minimum Gasteiger partial charge on any atom is -0.383 e. The summed E-state index contributed by atoms with van der Waals surface area (Å²) in [6.45, 7) is 2.84. The van der Waals surface area contributed by atoms with Crippen LogP contribution in [0.3, 0.4) is 0 Å². The van der Waals surface area contributed by atoms with Gasteiger partial charge in [-0.3, -0.25) is 4.79 Å². The SMILES string of the molecule is Cn1nc(C(C)(C)F)c(C2(O)CC3CC(c4ncn(C)c4C(=O)Nc4ccc(F)c(Cl)c4)CC3C2)n1. The molecular weight excluding hydrogens is 490 g/mol. The molecule has 0 spiro atoms. The number of aliphatic hydroxyl groups is 1. The average Bonchev–Trinajstić information content (AvgIpc) is 3.52. The second-order valence-corrected chi connectivity index (χ2v) is 11.1. The molecule has 0 saturated heterocycles. The highest BCUT2D eigenvalue weighted by molar-refractivity contribution is 6.31. The van der Waals surface area contributed by atoms with Crippen LogP contribution in [0.25, 0.3) is 0 Å². The summed E-state index contributed by atoms with van der Waals surface area (Å²) in [5.41, 5.74) is -0.933. The molecule has 0 aliphatic heterocycles. The third-order valence-corrected chi connectivity index (χ3v) is 7.79. The fourth-order valence-corrected chi connectivity index (χ4v) is 6.17. The van der Waals surface area contributed by atoms with Gasteiger partial charge in [-0.15, -0.1) is 0 Å². The van der Waals surface area contributed by atoms with Crippen LogP contribution in [0.4, 0.5) is 14.5 Å². The van der Waals surface area contributed by atoms with Crippen molar-refractivity contribution >= 4 is 23.2 Å². The van der Waals surface area contributed by atoms with Crippen molar-refractivity contribution in [3.8, 4) is 0 Å². The summed E-state index contributed by atoms with van der Waals surface area (Å²) in [5, 5.41) is 22.8. The molecule has 2 aliphatic carbocycles. The van der Waals surface area contributed by atoms with E-state index in [0.29, 0.717) is 35.6 Å². The molecule has 8 nitrogen and oxygen atoms in total. The summed E-state index contributed by atoms with van der Waals surface area (Å²) in [5.74, 6) is -0.493. The molecule has 0 radical (unpaired) electrons. The van der Waals surface area contributed by atoms with E-state index in [1.165, 1.54) is 36.8 Å². The number of fused-ring (bicyclic) bond motifs is 1. The molecule has 0 bridgehead atoms. The highest BCUT2D eigenvalue weighted by atomic mass is 35.5. The van der Waals surface area contributed by atoms with E-state index in [1.54, 1.807) is 25.0 Å². The van der Waals surface area contributed by atoms with Gasteiger partial charge in [0.15, 0.2) is 5.67 Å². The van der Waals surface area contributed by atoms with Crippen LogP contribution in [-0.4, -0.2) is 35.6 Å². The number of amides is 1. The van der Waals surface area contributed by atoms with E-state index in [9.17, 15) is 18.7 Å². The Kier molecular flexibility index (Phi) is 5.95. The van der Waals surface area contributed by atoms with Crippen LogP contribution in [-0.2, 0) is 25.4 Å². The topological polar surface area (TPSA) is 97.9 Å². The molecule has 192 valence electrons. The first-order chi connectivity index (χ1) is 16.9. The molecule has 11 heteroatoms. The first-order valence-corrected chi connectivity index (χ1v) is 12.3. The predicted octanol–water partition coefficient (Wildman–Crippen LogP) is 4.59. The molecule has 3 aromatic rings. The van der Waals surface area contributed by atoms with E-state index >= 15 is 0 Å². The Morgan fingerprint density at radius 3 is 2.50 bits per heavy atom. The number of alkyl halides is 1. The quantitative estimate of drug-likeness (QED) is 0.515. The zero-order valence-electron chi connectivity index (χ0n) is 20.6. The zero-order chi connectivity index (χ0) is 26.0. The molecule has 36 heavy (non-hydrogen) atoms. The first kappa shape index (κ1) is 24.8. The number of carbonyl (C=O) groups is 1. The number of benzene rings is 1. The zero-order valence-corrected chi connectivity index (χ0v) is 21.4. The van der Waals surface area contributed by atoms with Gasteiger partial charge in [-0.25, -0.2) is 13.8 Å². The summed E-state index contributed by atoms with van der Waals surface area (Å²) in [6, 6.07) is 4.02. The Labute approximate surface area is 212 Å². The first-order valence-electron chi connectivity index (χ1n) is 12.0. The number of nitrogens with one attached hydrogen (secondary N) is 1. The number of aryl methyl sites for hydroxylation is 2. The van der Waals surface area contributed by atoms with E-state index in [0.717, 1.165) is 12.8 Å². The van der Waals surface area contributed by atoms with Crippen molar-refractivity contribution in [2.45, 2.75) is 56.7 Å². The van der Waals surface area contributed by atoms with Gasteiger partial charge in [-0.1, -0.05) is 11.6 Å². The monoisotopic (exact) mass is 518 g/mol. The highest BCUT2D eigenvalue weighted by Gasteiger charge is 2.53. The molecular formula is C25H29ClF2N6O2. The number of rotatable bonds is 5. The molecule has 5 rings (SSSR count). The maximum Gasteiger partial charge on any atom is 0.274 e. The van der Waals surface area contributed by atoms with Gasteiger partial charge in [-0.05, 0) is 69.6 Å². The van der Waals surface area contributed by atoms with Crippen LogP contribution in [0.5, 0.6) is 0 Å². The summed E-state index contributed by atoms with van der Waals surface area (Å²) in [6.07, 6.45) is 4.03. The Morgan fingerprint density at radius 1 is 1.22 bits per heavy atom. The lowest BCUT2D eigenvalue weighted by Gasteiger charge is -2.25. The van der Waals surface area contributed by atoms with Crippen LogP contribution in [0.2, 0.25) is 5.02 Å². The van der Waals surface area contributed by atoms with E-state index < -0.39 is 17.1 Å². The molecule has 1 amide bonds. The fraction of sp³-hybridized carbons (Fsp3) is 0.520. The summed E-state index contributed by atoms with van der Waals surface area (Å²) >= 11 is 5.85. The van der Waals surface area contributed by atoms with Crippen LogP contribution in [0.15, 0.2) is 24.5 Å². The van der Waals surface area contributed by atoms with Crippen LogP contribution in [0.1, 0.15) is 73.0 Å². The predicted molar refractivity (Wildman–Crippen MR) is 130 cm³/mol.